The zero-order chi connectivity index (χ0) is 25.9. The van der Waals surface area contributed by atoms with Gasteiger partial charge in [0.25, 0.3) is 0 Å². The van der Waals surface area contributed by atoms with Gasteiger partial charge < -0.3 is 29.3 Å². The van der Waals surface area contributed by atoms with Crippen LogP contribution in [-0.2, 0) is 22.6 Å². The van der Waals surface area contributed by atoms with Crippen molar-refractivity contribution in [2.24, 2.45) is 0 Å². The third-order valence-electron chi connectivity index (χ3n) is 5.40. The summed E-state index contributed by atoms with van der Waals surface area (Å²) in [6.07, 6.45) is 0. The van der Waals surface area contributed by atoms with Gasteiger partial charge in [0.05, 0.1) is 33.1 Å². The van der Waals surface area contributed by atoms with Crippen molar-refractivity contribution in [3.63, 3.8) is 0 Å². The van der Waals surface area contributed by atoms with Crippen LogP contribution in [0.5, 0.6) is 11.5 Å². The lowest BCUT2D eigenvalue weighted by atomic mass is 10.2. The van der Waals surface area contributed by atoms with E-state index < -0.39 is 6.03 Å². The van der Waals surface area contributed by atoms with Gasteiger partial charge in [-0.1, -0.05) is 18.2 Å². The second-order valence-electron chi connectivity index (χ2n) is 7.87. The van der Waals surface area contributed by atoms with E-state index in [1.807, 2.05) is 17.5 Å². The van der Waals surface area contributed by atoms with Crippen LogP contribution >= 0.6 is 11.3 Å². The summed E-state index contributed by atoms with van der Waals surface area (Å²) in [4.78, 5) is 30.6. The lowest BCUT2D eigenvalue weighted by molar-refractivity contribution is -0.133. The zero-order valence-electron chi connectivity index (χ0n) is 20.5. The van der Waals surface area contributed by atoms with Crippen LogP contribution in [0.3, 0.4) is 0 Å². The molecule has 0 aliphatic carbocycles. The Balaban J connectivity index is 1.77. The Kier molecular flexibility index (Phi) is 10.1. The fourth-order valence-corrected chi connectivity index (χ4v) is 4.17. The third kappa shape index (κ3) is 7.69. The van der Waals surface area contributed by atoms with Crippen molar-refractivity contribution in [3.8, 4) is 11.5 Å². The fourth-order valence-electron chi connectivity index (χ4n) is 3.45. The van der Waals surface area contributed by atoms with E-state index in [0.717, 1.165) is 10.4 Å². The van der Waals surface area contributed by atoms with E-state index in [2.05, 4.69) is 5.32 Å². The molecule has 8 nitrogen and oxygen atoms in total. The second-order valence-corrected chi connectivity index (χ2v) is 8.90. The van der Waals surface area contributed by atoms with Crippen LogP contribution in [0.1, 0.15) is 10.4 Å². The summed E-state index contributed by atoms with van der Waals surface area (Å²) in [5.74, 6) is 0.421. The zero-order valence-corrected chi connectivity index (χ0v) is 21.3. The summed E-state index contributed by atoms with van der Waals surface area (Å²) < 4.78 is 29.1. The molecule has 0 bridgehead atoms. The molecule has 0 unspecified atom stereocenters. The largest absolute Gasteiger partial charge is 0.497 e. The van der Waals surface area contributed by atoms with Crippen molar-refractivity contribution in [3.05, 3.63) is 76.2 Å². The number of methoxy groups -OCH3 is 3. The van der Waals surface area contributed by atoms with Gasteiger partial charge in [-0.2, -0.15) is 0 Å². The summed E-state index contributed by atoms with van der Waals surface area (Å²) in [6, 6.07) is 14.4. The second kappa shape index (κ2) is 13.5. The predicted molar refractivity (Wildman–Crippen MR) is 137 cm³/mol. The highest BCUT2D eigenvalue weighted by Gasteiger charge is 2.23. The first kappa shape index (κ1) is 27.0. The summed E-state index contributed by atoms with van der Waals surface area (Å²) >= 11 is 1.54. The molecule has 10 heteroatoms. The first-order chi connectivity index (χ1) is 17.4. The van der Waals surface area contributed by atoms with Crippen molar-refractivity contribution in [2.45, 2.75) is 13.1 Å². The molecular weight excluding hydrogens is 485 g/mol. The number of rotatable bonds is 12. The van der Waals surface area contributed by atoms with E-state index in [4.69, 9.17) is 14.2 Å². The van der Waals surface area contributed by atoms with E-state index in [1.165, 1.54) is 42.6 Å². The number of hydrogen-bond acceptors (Lipinski definition) is 6. The summed E-state index contributed by atoms with van der Waals surface area (Å²) in [5.41, 5.74) is 1.23. The molecule has 3 aromatic rings. The summed E-state index contributed by atoms with van der Waals surface area (Å²) in [5, 5.41) is 4.75. The molecular formula is C26H30FN3O5S. The minimum absolute atomic E-state index is 0.166. The maximum Gasteiger partial charge on any atom is 0.322 e. The monoisotopic (exact) mass is 515 g/mol. The average Bonchev–Trinajstić information content (AvgIpc) is 3.40. The highest BCUT2D eigenvalue weighted by atomic mass is 32.1. The van der Waals surface area contributed by atoms with Gasteiger partial charge in [0, 0.05) is 31.1 Å². The lowest BCUT2D eigenvalue weighted by Crippen LogP contribution is -2.45. The molecule has 0 saturated carbocycles. The Labute approximate surface area is 214 Å². The quantitative estimate of drug-likeness (QED) is 0.381. The minimum atomic E-state index is -0.471. The van der Waals surface area contributed by atoms with Crippen LogP contribution in [0.25, 0.3) is 0 Å². The van der Waals surface area contributed by atoms with E-state index in [9.17, 15) is 14.0 Å². The van der Waals surface area contributed by atoms with Crippen molar-refractivity contribution in [1.82, 2.24) is 9.80 Å². The number of thiophene rings is 1. The van der Waals surface area contributed by atoms with Crippen molar-refractivity contribution in [2.75, 3.05) is 46.3 Å². The van der Waals surface area contributed by atoms with Crippen LogP contribution in [-0.4, -0.2) is 62.8 Å². The maximum atomic E-state index is 13.4. The molecule has 1 N–H and O–H groups in total. The topological polar surface area (TPSA) is 80.3 Å². The van der Waals surface area contributed by atoms with E-state index in [0.29, 0.717) is 23.7 Å². The van der Waals surface area contributed by atoms with E-state index in [1.54, 1.807) is 42.3 Å². The van der Waals surface area contributed by atoms with Gasteiger partial charge in [0.2, 0.25) is 5.91 Å². The number of benzene rings is 2. The molecule has 0 spiro atoms. The molecule has 1 heterocycles. The summed E-state index contributed by atoms with van der Waals surface area (Å²) in [7, 11) is 4.57. The van der Waals surface area contributed by atoms with Gasteiger partial charge in [-0.3, -0.25) is 4.79 Å². The number of halogens is 1. The van der Waals surface area contributed by atoms with Gasteiger partial charge in [0.15, 0.2) is 0 Å². The molecule has 1 aromatic heterocycles. The number of amides is 3. The first-order valence-corrected chi connectivity index (χ1v) is 12.1. The molecule has 192 valence electrons. The maximum absolute atomic E-state index is 13.4. The van der Waals surface area contributed by atoms with Gasteiger partial charge in [-0.05, 0) is 41.3 Å². The fraction of sp³-hybridized carbons (Fsp3) is 0.308. The number of anilines is 1. The lowest BCUT2D eigenvalue weighted by Gasteiger charge is -2.28. The molecule has 3 amide bonds. The molecule has 0 aliphatic heterocycles. The van der Waals surface area contributed by atoms with Crippen LogP contribution < -0.4 is 14.8 Å². The molecule has 36 heavy (non-hydrogen) atoms. The van der Waals surface area contributed by atoms with Crippen LogP contribution in [0.15, 0.2) is 60.0 Å². The standard InChI is InChI=1S/C26H30FN3O5S/c1-33-13-12-29(26(32)28-23-11-10-21(34-2)15-24(23)35-3)18-25(31)30(17-22-5-4-14-36-22)16-19-6-8-20(27)9-7-19/h4-11,14-15H,12-13,16-18H2,1-3H3,(H,28,32). The SMILES string of the molecule is COCCN(CC(=O)N(Cc1ccc(F)cc1)Cc1cccs1)C(=O)Nc1ccc(OC)cc1OC. The van der Waals surface area contributed by atoms with E-state index >= 15 is 0 Å². The number of nitrogens with one attached hydrogen (secondary N) is 1. The normalized spacial score (nSPS) is 10.6. The Morgan fingerprint density at radius 2 is 1.75 bits per heavy atom. The predicted octanol–water partition coefficient (Wildman–Crippen LogP) is 4.61. The highest BCUT2D eigenvalue weighted by Crippen LogP contribution is 2.29. The van der Waals surface area contributed by atoms with Gasteiger partial charge in [-0.15, -0.1) is 11.3 Å². The minimum Gasteiger partial charge on any atom is -0.497 e. The molecule has 0 fully saturated rings. The van der Waals surface area contributed by atoms with Crippen molar-refractivity contribution >= 4 is 29.0 Å². The van der Waals surface area contributed by atoms with Gasteiger partial charge >= 0.3 is 6.03 Å². The number of nitrogens with zero attached hydrogens (tertiary/aromatic N) is 2. The smallest absolute Gasteiger partial charge is 0.322 e. The van der Waals surface area contributed by atoms with Crippen LogP contribution in [0.4, 0.5) is 14.9 Å². The average molecular weight is 516 g/mol. The highest BCUT2D eigenvalue weighted by molar-refractivity contribution is 7.09. The van der Waals surface area contributed by atoms with E-state index in [-0.39, 0.29) is 38.0 Å². The van der Waals surface area contributed by atoms with Crippen LogP contribution in [0.2, 0.25) is 0 Å². The number of carbonyl (C=O) groups is 2. The Morgan fingerprint density at radius 3 is 2.39 bits per heavy atom. The molecule has 0 atom stereocenters. The third-order valence-corrected chi connectivity index (χ3v) is 6.26. The Bertz CT molecular complexity index is 1130. The molecule has 3 rings (SSSR count). The number of carbonyl (C=O) groups excluding carboxylic acids is 2. The van der Waals surface area contributed by atoms with Crippen LogP contribution in [0, 0.1) is 5.82 Å². The molecule has 0 saturated heterocycles. The Morgan fingerprint density at radius 1 is 0.972 bits per heavy atom. The number of ether oxygens (including phenoxy) is 3. The number of urea groups is 1. The van der Waals surface area contributed by atoms with Gasteiger partial charge in [-0.25, -0.2) is 9.18 Å². The molecule has 0 aliphatic rings. The van der Waals surface area contributed by atoms with Crippen molar-refractivity contribution in [1.29, 1.82) is 0 Å². The van der Waals surface area contributed by atoms with Gasteiger partial charge in [0.1, 0.15) is 23.9 Å². The van der Waals surface area contributed by atoms with Crippen molar-refractivity contribution < 1.29 is 28.2 Å². The summed E-state index contributed by atoms with van der Waals surface area (Å²) in [6.45, 7) is 0.947. The number of hydrogen-bond donors (Lipinski definition) is 1. The molecule has 0 radical (unpaired) electrons. The first-order valence-electron chi connectivity index (χ1n) is 11.2. The molecule has 2 aromatic carbocycles. The Hall–Kier alpha value is -3.63.